The number of Topliss-reactive ketones (excluding diaryl/α,β-unsaturated/α-hetero) is 1. The zero-order valence-corrected chi connectivity index (χ0v) is 11.5. The summed E-state index contributed by atoms with van der Waals surface area (Å²) in [4.78, 5) is 25.7. The zero-order chi connectivity index (χ0) is 13.5. The minimum Gasteiger partial charge on any atom is -0.369 e. The molecule has 0 bridgehead atoms. The minimum atomic E-state index is -0.414. The van der Waals surface area contributed by atoms with Crippen molar-refractivity contribution in [1.82, 2.24) is 4.90 Å². The van der Waals surface area contributed by atoms with Gasteiger partial charge in [-0.1, -0.05) is 19.1 Å². The van der Waals surface area contributed by atoms with Gasteiger partial charge in [-0.05, 0) is 24.9 Å². The van der Waals surface area contributed by atoms with E-state index in [0.717, 1.165) is 4.90 Å². The molecule has 0 aliphatic heterocycles. The van der Waals surface area contributed by atoms with E-state index in [-0.39, 0.29) is 18.9 Å². The van der Waals surface area contributed by atoms with E-state index in [1.165, 1.54) is 0 Å². The molecule has 4 nitrogen and oxygen atoms in total. The number of carbonyl (C=O) groups is 2. The van der Waals surface area contributed by atoms with Gasteiger partial charge in [-0.25, -0.2) is 0 Å². The Bertz CT molecular complexity index is 418. The molecule has 0 aliphatic carbocycles. The van der Waals surface area contributed by atoms with Crippen molar-refractivity contribution < 1.29 is 9.59 Å². The molecule has 98 valence electrons. The molecule has 1 aromatic carbocycles. The van der Waals surface area contributed by atoms with Gasteiger partial charge in [-0.2, -0.15) is 0 Å². The molecule has 0 aliphatic rings. The SMILES string of the molecule is CCN(CC(N)=O)CC(=O)c1ccc(SC)cc1. The lowest BCUT2D eigenvalue weighted by Gasteiger charge is -2.17. The van der Waals surface area contributed by atoms with E-state index in [9.17, 15) is 9.59 Å². The third-order valence-corrected chi connectivity index (χ3v) is 3.35. The number of rotatable bonds is 7. The van der Waals surface area contributed by atoms with Crippen molar-refractivity contribution in [3.63, 3.8) is 0 Å². The van der Waals surface area contributed by atoms with E-state index in [1.54, 1.807) is 16.7 Å². The molecule has 0 unspecified atom stereocenters. The van der Waals surface area contributed by atoms with Crippen LogP contribution in [0.5, 0.6) is 0 Å². The molecule has 0 saturated carbocycles. The monoisotopic (exact) mass is 266 g/mol. The van der Waals surface area contributed by atoms with Crippen LogP contribution in [0.4, 0.5) is 0 Å². The summed E-state index contributed by atoms with van der Waals surface area (Å²) in [5, 5.41) is 0. The van der Waals surface area contributed by atoms with Crippen molar-refractivity contribution in [2.75, 3.05) is 25.9 Å². The van der Waals surface area contributed by atoms with Crippen molar-refractivity contribution in [1.29, 1.82) is 0 Å². The maximum atomic E-state index is 12.0. The van der Waals surface area contributed by atoms with Crippen LogP contribution in [0.15, 0.2) is 29.2 Å². The molecule has 0 atom stereocenters. The minimum absolute atomic E-state index is 0.00533. The number of benzene rings is 1. The number of ketones is 1. The van der Waals surface area contributed by atoms with Crippen molar-refractivity contribution in [3.8, 4) is 0 Å². The quantitative estimate of drug-likeness (QED) is 0.598. The Morgan fingerprint density at radius 3 is 2.28 bits per heavy atom. The van der Waals surface area contributed by atoms with Crippen molar-refractivity contribution in [3.05, 3.63) is 29.8 Å². The first-order valence-corrected chi connectivity index (χ1v) is 6.97. The van der Waals surface area contributed by atoms with Crippen LogP contribution < -0.4 is 5.73 Å². The molecule has 5 heteroatoms. The maximum absolute atomic E-state index is 12.0. The van der Waals surface area contributed by atoms with Gasteiger partial charge in [0.2, 0.25) is 5.91 Å². The van der Waals surface area contributed by atoms with Crippen LogP contribution in [-0.4, -0.2) is 42.5 Å². The summed E-state index contributed by atoms with van der Waals surface area (Å²) in [5.41, 5.74) is 5.79. The third kappa shape index (κ3) is 4.50. The summed E-state index contributed by atoms with van der Waals surface area (Å²) >= 11 is 1.63. The second-order valence-corrected chi connectivity index (χ2v) is 4.80. The number of carbonyl (C=O) groups excluding carboxylic acids is 2. The molecule has 0 saturated heterocycles. The first-order valence-electron chi connectivity index (χ1n) is 5.74. The Morgan fingerprint density at radius 1 is 1.22 bits per heavy atom. The topological polar surface area (TPSA) is 63.4 Å². The highest BCUT2D eigenvalue weighted by Crippen LogP contribution is 2.15. The number of nitrogens with zero attached hydrogens (tertiary/aromatic N) is 1. The Balaban J connectivity index is 2.65. The molecule has 0 aromatic heterocycles. The van der Waals surface area contributed by atoms with E-state index in [4.69, 9.17) is 5.73 Å². The second-order valence-electron chi connectivity index (χ2n) is 3.92. The largest absolute Gasteiger partial charge is 0.369 e. The first kappa shape index (κ1) is 14.7. The Labute approximate surface area is 112 Å². The number of primary amides is 1. The van der Waals surface area contributed by atoms with Crippen molar-refractivity contribution in [2.45, 2.75) is 11.8 Å². The van der Waals surface area contributed by atoms with Crippen LogP contribution in [0.3, 0.4) is 0 Å². The molecular weight excluding hydrogens is 248 g/mol. The Kier molecular flexibility index (Phi) is 5.88. The number of hydrogen-bond donors (Lipinski definition) is 1. The van der Waals surface area contributed by atoms with Crippen molar-refractivity contribution >= 4 is 23.5 Å². The van der Waals surface area contributed by atoms with Gasteiger partial charge in [0, 0.05) is 10.5 Å². The highest BCUT2D eigenvalue weighted by Gasteiger charge is 2.12. The molecule has 1 rings (SSSR count). The fourth-order valence-corrected chi connectivity index (χ4v) is 1.98. The lowest BCUT2D eigenvalue weighted by Crippen LogP contribution is -2.37. The summed E-state index contributed by atoms with van der Waals surface area (Å²) in [6.07, 6.45) is 1.99. The average Bonchev–Trinajstić information content (AvgIpc) is 2.37. The third-order valence-electron chi connectivity index (χ3n) is 2.61. The van der Waals surface area contributed by atoms with E-state index in [2.05, 4.69) is 0 Å². The molecule has 18 heavy (non-hydrogen) atoms. The Hall–Kier alpha value is -1.33. The molecule has 0 spiro atoms. The summed E-state index contributed by atoms with van der Waals surface area (Å²) < 4.78 is 0. The van der Waals surface area contributed by atoms with Crippen LogP contribution >= 0.6 is 11.8 Å². The highest BCUT2D eigenvalue weighted by atomic mass is 32.2. The standard InChI is InChI=1S/C13H18N2O2S/c1-3-15(9-13(14)17)8-12(16)10-4-6-11(18-2)7-5-10/h4-7H,3,8-9H2,1-2H3,(H2,14,17). The number of likely N-dealkylation sites (N-methyl/N-ethyl adjacent to an activating group) is 1. The highest BCUT2D eigenvalue weighted by molar-refractivity contribution is 7.98. The maximum Gasteiger partial charge on any atom is 0.231 e. The van der Waals surface area contributed by atoms with Gasteiger partial charge in [0.05, 0.1) is 13.1 Å². The van der Waals surface area contributed by atoms with Crippen LogP contribution in [0.1, 0.15) is 17.3 Å². The van der Waals surface area contributed by atoms with Gasteiger partial charge in [0.1, 0.15) is 0 Å². The lowest BCUT2D eigenvalue weighted by atomic mass is 10.1. The molecular formula is C13H18N2O2S. The van der Waals surface area contributed by atoms with Gasteiger partial charge in [-0.3, -0.25) is 14.5 Å². The molecule has 1 amide bonds. The number of hydrogen-bond acceptors (Lipinski definition) is 4. The van der Waals surface area contributed by atoms with Crippen LogP contribution in [0.25, 0.3) is 0 Å². The average molecular weight is 266 g/mol. The summed E-state index contributed by atoms with van der Waals surface area (Å²) in [5.74, 6) is -0.409. The fraction of sp³-hybridized carbons (Fsp3) is 0.385. The first-order chi connectivity index (χ1) is 8.56. The normalized spacial score (nSPS) is 10.6. The molecule has 2 N–H and O–H groups in total. The van der Waals surface area contributed by atoms with Gasteiger partial charge in [0.25, 0.3) is 0 Å². The van der Waals surface area contributed by atoms with E-state index in [1.807, 2.05) is 37.4 Å². The molecule has 0 heterocycles. The van der Waals surface area contributed by atoms with Gasteiger partial charge in [0.15, 0.2) is 5.78 Å². The summed E-state index contributed by atoms with van der Waals surface area (Å²) in [6, 6.07) is 7.46. The predicted octanol–water partition coefficient (Wildman–Crippen LogP) is 1.40. The number of thioether (sulfide) groups is 1. The smallest absolute Gasteiger partial charge is 0.231 e. The molecule has 0 fully saturated rings. The summed E-state index contributed by atoms with van der Waals surface area (Å²) in [6.45, 7) is 2.85. The zero-order valence-electron chi connectivity index (χ0n) is 10.7. The number of amides is 1. The Morgan fingerprint density at radius 2 is 1.83 bits per heavy atom. The van der Waals surface area contributed by atoms with Gasteiger partial charge in [-0.15, -0.1) is 11.8 Å². The van der Waals surface area contributed by atoms with Crippen LogP contribution in [0, 0.1) is 0 Å². The van der Waals surface area contributed by atoms with E-state index in [0.29, 0.717) is 12.1 Å². The molecule has 0 radical (unpaired) electrons. The van der Waals surface area contributed by atoms with Crippen molar-refractivity contribution in [2.24, 2.45) is 5.73 Å². The van der Waals surface area contributed by atoms with Crippen LogP contribution in [-0.2, 0) is 4.79 Å². The second kappa shape index (κ2) is 7.18. The number of nitrogens with two attached hydrogens (primary N) is 1. The predicted molar refractivity (Wildman–Crippen MR) is 73.9 cm³/mol. The lowest BCUT2D eigenvalue weighted by molar-refractivity contribution is -0.118. The summed E-state index contributed by atoms with van der Waals surface area (Å²) in [7, 11) is 0. The van der Waals surface area contributed by atoms with E-state index < -0.39 is 5.91 Å². The van der Waals surface area contributed by atoms with E-state index >= 15 is 0 Å². The fourth-order valence-electron chi connectivity index (χ4n) is 1.57. The van der Waals surface area contributed by atoms with Gasteiger partial charge < -0.3 is 5.73 Å². The van der Waals surface area contributed by atoms with Crippen LogP contribution in [0.2, 0.25) is 0 Å². The van der Waals surface area contributed by atoms with Gasteiger partial charge >= 0.3 is 0 Å². The molecule has 1 aromatic rings.